The molecule has 4 unspecified atom stereocenters. The summed E-state index contributed by atoms with van der Waals surface area (Å²) in [6.45, 7) is 0. The first-order valence-corrected chi connectivity index (χ1v) is 12.2. The van der Waals surface area contributed by atoms with Gasteiger partial charge in [0.1, 0.15) is 23.9 Å². The lowest BCUT2D eigenvalue weighted by atomic mass is 10.0. The van der Waals surface area contributed by atoms with Crippen molar-refractivity contribution in [3.8, 4) is 5.75 Å². The van der Waals surface area contributed by atoms with E-state index in [1.165, 1.54) is 24.7 Å². The van der Waals surface area contributed by atoms with Crippen LogP contribution in [0.5, 0.6) is 5.75 Å². The molecule has 1 aromatic carbocycles. The number of primary amides is 1. The summed E-state index contributed by atoms with van der Waals surface area (Å²) in [7, 11) is 0. The van der Waals surface area contributed by atoms with E-state index in [9.17, 15) is 34.2 Å². The highest BCUT2D eigenvalue weighted by atomic mass is 32.1. The molecule has 15 heteroatoms. The lowest BCUT2D eigenvalue weighted by molar-refractivity contribution is -0.142. The number of imidazole rings is 1. The number of hydrogen-bond acceptors (Lipinski definition) is 9. The second-order valence-corrected chi connectivity index (χ2v) is 8.83. The van der Waals surface area contributed by atoms with Crippen LogP contribution in [0, 0.1) is 0 Å². The van der Waals surface area contributed by atoms with Crippen LogP contribution in [-0.2, 0) is 36.8 Å². The predicted octanol–water partition coefficient (Wildman–Crippen LogP) is -2.04. The third-order valence-corrected chi connectivity index (χ3v) is 5.82. The highest BCUT2D eigenvalue weighted by Gasteiger charge is 2.30. The number of aliphatic carboxylic acids is 1. The molecule has 0 bridgehead atoms. The number of carboxylic acid groups (broad SMARTS) is 1. The number of nitrogens with two attached hydrogens (primary N) is 2. The number of aromatic hydroxyl groups is 1. The zero-order valence-corrected chi connectivity index (χ0v) is 21.2. The number of phenolic OH excluding ortho intramolecular Hbond substituents is 1. The largest absolute Gasteiger partial charge is 0.508 e. The highest BCUT2D eigenvalue weighted by Crippen LogP contribution is 2.11. The van der Waals surface area contributed by atoms with Gasteiger partial charge in [0.15, 0.2) is 0 Å². The second kappa shape index (κ2) is 14.6. The normalized spacial score (nSPS) is 13.9. The zero-order chi connectivity index (χ0) is 28.2. The number of hydrogen-bond donors (Lipinski definition) is 9. The number of phenols is 1. The summed E-state index contributed by atoms with van der Waals surface area (Å²) in [6.07, 6.45) is 2.47. The number of aromatic nitrogens is 2. The number of carboxylic acids is 1. The molecule has 10 N–H and O–H groups in total. The van der Waals surface area contributed by atoms with Crippen molar-refractivity contribution in [3.05, 3.63) is 48.0 Å². The van der Waals surface area contributed by atoms with Crippen LogP contribution < -0.4 is 27.4 Å². The number of amides is 4. The molecular weight excluding hydrogens is 518 g/mol. The van der Waals surface area contributed by atoms with Crippen LogP contribution >= 0.6 is 12.6 Å². The minimum atomic E-state index is -1.41. The van der Waals surface area contributed by atoms with Crippen molar-refractivity contribution < 1.29 is 34.2 Å². The third-order valence-electron chi connectivity index (χ3n) is 5.45. The number of rotatable bonds is 15. The first-order valence-electron chi connectivity index (χ1n) is 11.5. The number of thiol groups is 1. The van der Waals surface area contributed by atoms with E-state index in [2.05, 4.69) is 38.5 Å². The van der Waals surface area contributed by atoms with Crippen LogP contribution in [-0.4, -0.2) is 79.7 Å². The summed E-state index contributed by atoms with van der Waals surface area (Å²) in [4.78, 5) is 67.7. The van der Waals surface area contributed by atoms with Crippen LogP contribution in [0.2, 0.25) is 0 Å². The molecule has 0 spiro atoms. The van der Waals surface area contributed by atoms with Crippen LogP contribution in [0.1, 0.15) is 24.1 Å². The van der Waals surface area contributed by atoms with Crippen LogP contribution in [0.3, 0.4) is 0 Å². The Labute approximate surface area is 223 Å². The van der Waals surface area contributed by atoms with E-state index >= 15 is 0 Å². The summed E-state index contributed by atoms with van der Waals surface area (Å²) >= 11 is 4.07. The lowest BCUT2D eigenvalue weighted by Gasteiger charge is -2.24. The van der Waals surface area contributed by atoms with Gasteiger partial charge in [0.05, 0.1) is 12.4 Å². The van der Waals surface area contributed by atoms with Gasteiger partial charge in [0.2, 0.25) is 23.6 Å². The summed E-state index contributed by atoms with van der Waals surface area (Å²) < 4.78 is 0. The molecule has 38 heavy (non-hydrogen) atoms. The second-order valence-electron chi connectivity index (χ2n) is 8.47. The van der Waals surface area contributed by atoms with E-state index in [1.807, 2.05) is 0 Å². The Morgan fingerprint density at radius 3 is 2.11 bits per heavy atom. The molecule has 0 saturated heterocycles. The quantitative estimate of drug-likeness (QED) is 0.111. The SMILES string of the molecule is NC(=O)CCC(NC(=O)C(CS)NC(=O)C(Cc1cnc[nH]1)NC(=O)C(N)Cc1ccc(O)cc1)C(=O)O. The number of carbonyl (C=O) groups excluding carboxylic acids is 4. The summed E-state index contributed by atoms with van der Waals surface area (Å²) in [5, 5.41) is 26.0. The topological polar surface area (TPSA) is 243 Å². The van der Waals surface area contributed by atoms with Crippen LogP contribution in [0.15, 0.2) is 36.8 Å². The van der Waals surface area contributed by atoms with E-state index in [1.54, 1.807) is 12.1 Å². The number of aromatic amines is 1. The third kappa shape index (κ3) is 9.74. The molecule has 4 atom stereocenters. The van der Waals surface area contributed by atoms with Crippen molar-refractivity contribution in [2.75, 3.05) is 5.75 Å². The van der Waals surface area contributed by atoms with Crippen LogP contribution in [0.4, 0.5) is 0 Å². The Morgan fingerprint density at radius 2 is 1.55 bits per heavy atom. The average Bonchev–Trinajstić information content (AvgIpc) is 3.38. The van der Waals surface area contributed by atoms with Crippen molar-refractivity contribution in [3.63, 3.8) is 0 Å². The van der Waals surface area contributed by atoms with E-state index in [0.717, 1.165) is 0 Å². The molecule has 2 aromatic rings. The predicted molar refractivity (Wildman–Crippen MR) is 138 cm³/mol. The molecule has 0 aliphatic carbocycles. The number of carbonyl (C=O) groups is 5. The van der Waals surface area contributed by atoms with Gasteiger partial charge < -0.3 is 42.6 Å². The van der Waals surface area contributed by atoms with Crippen molar-refractivity contribution in [2.24, 2.45) is 11.5 Å². The molecule has 2 rings (SSSR count). The minimum Gasteiger partial charge on any atom is -0.508 e. The standard InChI is InChI=1S/C23H31N7O7S/c24-15(7-12-1-3-14(31)4-2-12)20(33)29-17(8-13-9-26-11-27-13)21(34)30-18(10-38)22(35)28-16(23(36)37)5-6-19(25)32/h1-4,9,11,15-18,31,38H,5-8,10,24H2,(H2,25,32)(H,26,27)(H,28,35)(H,29,33)(H,30,34)(H,36,37). The number of H-pyrrole nitrogens is 1. The van der Waals surface area contributed by atoms with Gasteiger partial charge >= 0.3 is 5.97 Å². The van der Waals surface area contributed by atoms with Crippen LogP contribution in [0.25, 0.3) is 0 Å². The first-order chi connectivity index (χ1) is 18.0. The van der Waals surface area contributed by atoms with Gasteiger partial charge in [0, 0.05) is 30.5 Å². The molecule has 0 aliphatic rings. The van der Waals surface area contributed by atoms with E-state index in [4.69, 9.17) is 11.5 Å². The van der Waals surface area contributed by atoms with Gasteiger partial charge in [-0.15, -0.1) is 0 Å². The number of nitrogens with one attached hydrogen (secondary N) is 4. The Kier molecular flexibility index (Phi) is 11.6. The maximum absolute atomic E-state index is 13.1. The zero-order valence-electron chi connectivity index (χ0n) is 20.3. The molecule has 1 aromatic heterocycles. The fourth-order valence-electron chi connectivity index (χ4n) is 3.37. The Balaban J connectivity index is 2.09. The summed E-state index contributed by atoms with van der Waals surface area (Å²) in [5.41, 5.74) is 12.3. The minimum absolute atomic E-state index is 0.0131. The van der Waals surface area contributed by atoms with Gasteiger partial charge in [-0.25, -0.2) is 9.78 Å². The fraction of sp³-hybridized carbons (Fsp3) is 0.391. The Hall–Kier alpha value is -4.11. The molecule has 0 fully saturated rings. The van der Waals surface area contributed by atoms with Gasteiger partial charge in [-0.1, -0.05) is 12.1 Å². The Morgan fingerprint density at radius 1 is 0.947 bits per heavy atom. The van der Waals surface area contributed by atoms with Crippen molar-refractivity contribution >= 4 is 42.2 Å². The first kappa shape index (κ1) is 30.1. The number of nitrogens with zero attached hydrogens (tertiary/aromatic N) is 1. The highest BCUT2D eigenvalue weighted by molar-refractivity contribution is 7.80. The molecule has 1 heterocycles. The smallest absolute Gasteiger partial charge is 0.326 e. The van der Waals surface area contributed by atoms with E-state index < -0.39 is 53.8 Å². The van der Waals surface area contributed by atoms with Gasteiger partial charge in [-0.2, -0.15) is 12.6 Å². The molecule has 14 nitrogen and oxygen atoms in total. The van der Waals surface area contributed by atoms with Crippen molar-refractivity contribution in [2.45, 2.75) is 49.9 Å². The lowest BCUT2D eigenvalue weighted by Crippen LogP contribution is -2.58. The molecular formula is C23H31N7O7S. The molecule has 0 saturated carbocycles. The van der Waals surface area contributed by atoms with E-state index in [0.29, 0.717) is 11.3 Å². The van der Waals surface area contributed by atoms with Crippen molar-refractivity contribution in [1.29, 1.82) is 0 Å². The van der Waals surface area contributed by atoms with E-state index in [-0.39, 0.29) is 37.2 Å². The molecule has 0 radical (unpaired) electrons. The molecule has 0 aliphatic heterocycles. The maximum atomic E-state index is 13.1. The maximum Gasteiger partial charge on any atom is 0.326 e. The monoisotopic (exact) mass is 549 g/mol. The van der Waals surface area contributed by atoms with Gasteiger partial charge in [-0.3, -0.25) is 19.2 Å². The Bertz CT molecular complexity index is 1110. The fourth-order valence-corrected chi connectivity index (χ4v) is 3.62. The summed E-state index contributed by atoms with van der Waals surface area (Å²) in [6, 6.07) is 1.28. The molecule has 206 valence electrons. The number of benzene rings is 1. The van der Waals surface area contributed by atoms with Gasteiger partial charge in [-0.05, 0) is 30.5 Å². The molecule has 4 amide bonds. The van der Waals surface area contributed by atoms with Crippen molar-refractivity contribution in [1.82, 2.24) is 25.9 Å². The summed E-state index contributed by atoms with van der Waals surface area (Å²) in [5.74, 6) is -4.47. The van der Waals surface area contributed by atoms with Gasteiger partial charge in [0.25, 0.3) is 0 Å². The average molecular weight is 550 g/mol.